The minimum Gasteiger partial charge on any atom is -1.00 e. The quantitative estimate of drug-likeness (QED) is 0.151. The molecule has 0 nitrogen and oxygen atoms in total. The summed E-state index contributed by atoms with van der Waals surface area (Å²) < 4.78 is 0. The van der Waals surface area contributed by atoms with Gasteiger partial charge in [0.25, 0.3) is 0 Å². The standard InChI is InChI=1S/3C18H33P.C3H5.3ClH.Pt/c3*1-4-10-16(11-5-1)19(17-12-6-2-7-13-17)18-14-8-3-9-15-18;1-3-2;;;;/h3*16-18H,1-15H2;3H,1-2H2;3*1H;/q;;;;;;;+3/p-3. The molecule has 9 fully saturated rings. The minimum absolute atomic E-state index is 0. The van der Waals surface area contributed by atoms with E-state index in [9.17, 15) is 0 Å². The van der Waals surface area contributed by atoms with Crippen molar-refractivity contribution in [2.24, 2.45) is 0 Å². The third kappa shape index (κ3) is 21.0. The van der Waals surface area contributed by atoms with E-state index in [4.69, 9.17) is 0 Å². The van der Waals surface area contributed by atoms with E-state index in [-0.39, 0.29) is 37.2 Å². The Morgan fingerprint density at radius 2 is 0.344 bits per heavy atom. The molecular weight excluding hydrogens is 1080 g/mol. The molecule has 9 aliphatic carbocycles. The maximum absolute atomic E-state index is 3.47. The average Bonchev–Trinajstić information content (AvgIpc) is 3.35. The van der Waals surface area contributed by atoms with Crippen LogP contribution < -0.4 is 37.2 Å². The van der Waals surface area contributed by atoms with Gasteiger partial charge in [-0.15, -0.1) is 0 Å². The summed E-state index contributed by atoms with van der Waals surface area (Å²) in [5.74, 6) is 0. The van der Waals surface area contributed by atoms with Gasteiger partial charge in [0.05, 0.1) is 0 Å². The van der Waals surface area contributed by atoms with Crippen LogP contribution in [0.3, 0.4) is 0 Å². The molecule has 0 aromatic carbocycles. The van der Waals surface area contributed by atoms with Crippen LogP contribution in [-0.4, -0.2) is 50.9 Å². The van der Waals surface area contributed by atoms with E-state index >= 15 is 0 Å². The molecule has 0 aromatic heterocycles. The summed E-state index contributed by atoms with van der Waals surface area (Å²) in [7, 11) is 1.15. The summed E-state index contributed by atoms with van der Waals surface area (Å²) in [4.78, 5) is 1.06. The van der Waals surface area contributed by atoms with Crippen LogP contribution in [0.5, 0.6) is 0 Å². The summed E-state index contributed by atoms with van der Waals surface area (Å²) in [5.41, 5.74) is 10.7. The Kier molecular flexibility index (Phi) is 35.5. The van der Waals surface area contributed by atoms with E-state index < -0.39 is 0 Å². The molecule has 0 spiro atoms. The van der Waals surface area contributed by atoms with Gasteiger partial charge in [0.2, 0.25) is 0 Å². The fourth-order valence-corrected chi connectivity index (χ4v) is 29.1. The molecule has 0 N–H and O–H groups in total. The number of halogens is 3. The van der Waals surface area contributed by atoms with Crippen molar-refractivity contribution < 1.29 is 57.0 Å². The van der Waals surface area contributed by atoms with E-state index in [0.29, 0.717) is 23.8 Å². The summed E-state index contributed by atoms with van der Waals surface area (Å²) in [6.07, 6.45) is 72.7. The van der Waals surface area contributed by atoms with E-state index in [1.165, 1.54) is 109 Å². The second-order valence-electron chi connectivity index (χ2n) is 22.4. The number of allylic oxidation sites excluding steroid dienone is 1. The van der Waals surface area contributed by atoms with Gasteiger partial charge in [-0.2, -0.15) is 0 Å². The number of rotatable bonds is 10. The average molecular weight is 1180 g/mol. The van der Waals surface area contributed by atoms with Gasteiger partial charge in [-0.3, -0.25) is 0 Å². The van der Waals surface area contributed by atoms with Gasteiger partial charge in [-0.1, -0.05) is 197 Å². The van der Waals surface area contributed by atoms with Gasteiger partial charge in [-0.25, -0.2) is 0 Å². The van der Waals surface area contributed by atoms with E-state index in [0.717, 1.165) is 4.81 Å². The second kappa shape index (κ2) is 37.4. The van der Waals surface area contributed by atoms with Crippen molar-refractivity contribution in [1.82, 2.24) is 0 Å². The van der Waals surface area contributed by atoms with Gasteiger partial charge >= 0.3 is 37.3 Å². The van der Waals surface area contributed by atoms with Crippen LogP contribution in [0, 0.1) is 0 Å². The van der Waals surface area contributed by atoms with Gasteiger partial charge in [0.15, 0.2) is 0 Å². The van der Waals surface area contributed by atoms with Crippen LogP contribution in [0.4, 0.5) is 0 Å². The topological polar surface area (TPSA) is 0 Å². The molecule has 9 aliphatic rings. The summed E-state index contributed by atoms with van der Waals surface area (Å²) in [5, 5.41) is 0. The molecule has 0 heterocycles. The molecule has 0 aromatic rings. The zero-order valence-electron chi connectivity index (χ0n) is 41.8. The van der Waals surface area contributed by atoms with Crippen molar-refractivity contribution in [2.45, 2.75) is 345 Å². The molecule has 0 amide bonds. The first-order valence-electron chi connectivity index (χ1n) is 28.7. The summed E-state index contributed by atoms with van der Waals surface area (Å²) >= 11 is 2.22. The van der Waals surface area contributed by atoms with E-state index in [2.05, 4.69) is 26.4 Å². The molecule has 64 heavy (non-hydrogen) atoms. The largest absolute Gasteiger partial charge is 1.00 e. The smallest absolute Gasteiger partial charge is 1.00 e. The Bertz CT molecular complexity index is 819. The zero-order valence-corrected chi connectivity index (χ0v) is 49.0. The first-order chi connectivity index (χ1) is 30.3. The summed E-state index contributed by atoms with van der Waals surface area (Å²) in [6, 6.07) is 0. The maximum Gasteiger partial charge on any atom is -1.00 e. The van der Waals surface area contributed by atoms with Crippen molar-refractivity contribution in [1.29, 1.82) is 0 Å². The van der Waals surface area contributed by atoms with Crippen LogP contribution in [0.25, 0.3) is 0 Å². The fraction of sp³-hybridized carbons (Fsp3) is 0.965. The molecule has 0 unspecified atom stereocenters. The molecule has 0 radical (unpaired) electrons. The molecule has 378 valence electrons. The predicted octanol–water partition coefficient (Wildman–Crippen LogP) is 11.5. The van der Waals surface area contributed by atoms with Crippen LogP contribution in [-0.2, 0) is 19.8 Å². The van der Waals surface area contributed by atoms with Crippen molar-refractivity contribution in [3.8, 4) is 0 Å². The van der Waals surface area contributed by atoms with Crippen molar-refractivity contribution in [3.05, 3.63) is 12.7 Å². The predicted molar refractivity (Wildman–Crippen MR) is 278 cm³/mol. The third-order valence-electron chi connectivity index (χ3n) is 18.1. The van der Waals surface area contributed by atoms with E-state index in [1.54, 1.807) is 231 Å². The molecule has 0 bridgehead atoms. The van der Waals surface area contributed by atoms with Gasteiger partial charge < -0.3 is 37.2 Å². The number of hydrogen-bond donors (Lipinski definition) is 0. The third-order valence-corrected chi connectivity index (χ3v) is 31.0. The van der Waals surface area contributed by atoms with Gasteiger partial charge in [0, 0.05) is 0 Å². The van der Waals surface area contributed by atoms with Crippen molar-refractivity contribution >= 4 is 23.8 Å². The molecule has 0 saturated heterocycles. The molecule has 0 aliphatic heterocycles. The molecular formula is C57H104Cl3P3Pt. The van der Waals surface area contributed by atoms with Crippen LogP contribution in [0.1, 0.15) is 289 Å². The Balaban J connectivity index is 0.000000239. The van der Waals surface area contributed by atoms with Gasteiger partial charge in [0.1, 0.15) is 0 Å². The van der Waals surface area contributed by atoms with Crippen LogP contribution in [0.2, 0.25) is 4.81 Å². The van der Waals surface area contributed by atoms with E-state index in [1.807, 2.05) is 6.08 Å². The molecule has 0 atom stereocenters. The summed E-state index contributed by atoms with van der Waals surface area (Å²) in [6.45, 7) is 3.47. The fourth-order valence-electron chi connectivity index (χ4n) is 15.1. The maximum atomic E-state index is 3.47. The zero-order chi connectivity index (χ0) is 42.2. The SMILES string of the molecule is C1CCC(P(C2CCCCC2)C2CCCCC2)CC1.C1CCC(P(C2CCCCC2)C2CCCCC2)CC1.C1CCC(P(C2CCCCC2)C2CCCCC2)CC1.C=C[CH2][Pt+3].[Cl-].[Cl-].[Cl-]. The first-order valence-corrected chi connectivity index (χ1v) is 35.0. The first kappa shape index (κ1) is 60.9. The Labute approximate surface area is 434 Å². The van der Waals surface area contributed by atoms with Crippen LogP contribution in [0.15, 0.2) is 12.7 Å². The number of hydrogen-bond acceptors (Lipinski definition) is 0. The Morgan fingerprint density at radius 3 is 0.422 bits per heavy atom. The molecule has 7 heteroatoms. The molecule has 9 rings (SSSR count). The monoisotopic (exact) mass is 1180 g/mol. The minimum atomic E-state index is 0. The normalized spacial score (nSPS) is 26.1. The molecule has 9 saturated carbocycles. The Morgan fingerprint density at radius 1 is 0.250 bits per heavy atom. The second-order valence-corrected chi connectivity index (χ2v) is 32.6. The van der Waals surface area contributed by atoms with Crippen molar-refractivity contribution in [2.75, 3.05) is 0 Å². The van der Waals surface area contributed by atoms with Crippen molar-refractivity contribution in [3.63, 3.8) is 0 Å². The van der Waals surface area contributed by atoms with Gasteiger partial charge in [-0.05, 0) is 167 Å². The Hall–Kier alpha value is 2.59. The van der Waals surface area contributed by atoms with Crippen LogP contribution >= 0.6 is 23.8 Å².